The Kier molecular flexibility index (Phi) is 4.81. The fraction of sp³-hybridized carbons (Fsp3) is 0.214. The standard InChI is InChI=1S/C28H28/c1-20-17-23(22-9-6-5-7-10-22)12-14-26(20)27-15-13-24(18-21(27)2)25-11-8-16-28(3,4)19-25/h5-18H,19H2,1-4H3. The molecule has 28 heavy (non-hydrogen) atoms. The van der Waals surface area contributed by atoms with Crippen molar-refractivity contribution in [3.63, 3.8) is 0 Å². The Morgan fingerprint density at radius 1 is 0.679 bits per heavy atom. The molecule has 0 atom stereocenters. The summed E-state index contributed by atoms with van der Waals surface area (Å²) in [6.07, 6.45) is 7.86. The number of benzene rings is 3. The number of hydrogen-bond acceptors (Lipinski definition) is 0. The van der Waals surface area contributed by atoms with E-state index in [0.29, 0.717) is 0 Å². The van der Waals surface area contributed by atoms with E-state index >= 15 is 0 Å². The molecule has 0 heteroatoms. The van der Waals surface area contributed by atoms with Crippen LogP contribution in [-0.4, -0.2) is 0 Å². The Bertz CT molecular complexity index is 1060. The lowest BCUT2D eigenvalue weighted by Gasteiger charge is -2.25. The molecule has 140 valence electrons. The summed E-state index contributed by atoms with van der Waals surface area (Å²) in [6, 6.07) is 24.3. The normalized spacial score (nSPS) is 15.4. The van der Waals surface area contributed by atoms with Crippen LogP contribution in [0.1, 0.15) is 37.0 Å². The van der Waals surface area contributed by atoms with Gasteiger partial charge in [0.15, 0.2) is 0 Å². The van der Waals surface area contributed by atoms with Crippen LogP contribution >= 0.6 is 0 Å². The van der Waals surface area contributed by atoms with Gasteiger partial charge >= 0.3 is 0 Å². The van der Waals surface area contributed by atoms with Crippen LogP contribution in [0.15, 0.2) is 85.0 Å². The lowest BCUT2D eigenvalue weighted by atomic mass is 9.79. The zero-order valence-electron chi connectivity index (χ0n) is 17.3. The number of rotatable bonds is 3. The van der Waals surface area contributed by atoms with Crippen LogP contribution in [0.2, 0.25) is 0 Å². The van der Waals surface area contributed by atoms with Crippen LogP contribution in [0.3, 0.4) is 0 Å². The van der Waals surface area contributed by atoms with Gasteiger partial charge in [-0.05, 0) is 70.2 Å². The number of allylic oxidation sites excluding steroid dienone is 4. The van der Waals surface area contributed by atoms with Crippen molar-refractivity contribution in [3.8, 4) is 22.3 Å². The highest BCUT2D eigenvalue weighted by Gasteiger charge is 2.20. The third-order valence-electron chi connectivity index (χ3n) is 5.71. The molecule has 0 saturated carbocycles. The van der Waals surface area contributed by atoms with Crippen LogP contribution in [-0.2, 0) is 0 Å². The SMILES string of the molecule is Cc1cc(C2=CC=CC(C)(C)C2)ccc1-c1ccc(-c2ccccc2)cc1C. The van der Waals surface area contributed by atoms with Gasteiger partial charge in [-0.3, -0.25) is 0 Å². The molecular formula is C28H28. The highest BCUT2D eigenvalue weighted by Crippen LogP contribution is 2.37. The van der Waals surface area contributed by atoms with Gasteiger partial charge in [0.2, 0.25) is 0 Å². The van der Waals surface area contributed by atoms with E-state index in [2.05, 4.69) is 113 Å². The minimum Gasteiger partial charge on any atom is -0.0785 e. The minimum atomic E-state index is 0.237. The molecule has 1 aliphatic rings. The topological polar surface area (TPSA) is 0 Å². The van der Waals surface area contributed by atoms with Crippen LogP contribution in [0.5, 0.6) is 0 Å². The summed E-state index contributed by atoms with van der Waals surface area (Å²) in [5.74, 6) is 0. The van der Waals surface area contributed by atoms with Crippen molar-refractivity contribution in [2.24, 2.45) is 5.41 Å². The third kappa shape index (κ3) is 3.73. The van der Waals surface area contributed by atoms with Crippen molar-refractivity contribution < 1.29 is 0 Å². The first kappa shape index (κ1) is 18.5. The third-order valence-corrected chi connectivity index (χ3v) is 5.71. The van der Waals surface area contributed by atoms with Gasteiger partial charge in [-0.15, -0.1) is 0 Å². The predicted octanol–water partition coefficient (Wildman–Crippen LogP) is 8.01. The molecule has 0 fully saturated rings. The average Bonchev–Trinajstić information content (AvgIpc) is 2.68. The summed E-state index contributed by atoms with van der Waals surface area (Å²) in [7, 11) is 0. The quantitative estimate of drug-likeness (QED) is 0.441. The molecule has 0 radical (unpaired) electrons. The van der Waals surface area contributed by atoms with Gasteiger partial charge in [-0.1, -0.05) is 98.8 Å². The van der Waals surface area contributed by atoms with Crippen molar-refractivity contribution in [3.05, 3.63) is 102 Å². The van der Waals surface area contributed by atoms with Crippen molar-refractivity contribution in [2.75, 3.05) is 0 Å². The fourth-order valence-electron chi connectivity index (χ4n) is 4.17. The van der Waals surface area contributed by atoms with Gasteiger partial charge in [0, 0.05) is 0 Å². The summed E-state index contributed by atoms with van der Waals surface area (Å²) in [5, 5.41) is 0. The Morgan fingerprint density at radius 3 is 1.89 bits per heavy atom. The molecule has 3 aromatic carbocycles. The molecule has 0 N–H and O–H groups in total. The zero-order valence-corrected chi connectivity index (χ0v) is 17.3. The Balaban J connectivity index is 1.67. The smallest absolute Gasteiger partial charge is 0.0131 e. The average molecular weight is 365 g/mol. The summed E-state index contributed by atoms with van der Waals surface area (Å²) in [5.41, 5.74) is 10.9. The molecule has 4 rings (SSSR count). The lowest BCUT2D eigenvalue weighted by molar-refractivity contribution is 0.492. The van der Waals surface area contributed by atoms with Gasteiger partial charge in [0.25, 0.3) is 0 Å². The summed E-state index contributed by atoms with van der Waals surface area (Å²) in [6.45, 7) is 9.05. The largest absolute Gasteiger partial charge is 0.0785 e. The number of hydrogen-bond donors (Lipinski definition) is 0. The van der Waals surface area contributed by atoms with Gasteiger partial charge in [-0.25, -0.2) is 0 Å². The van der Waals surface area contributed by atoms with E-state index in [4.69, 9.17) is 0 Å². The molecule has 0 unspecified atom stereocenters. The molecule has 3 aromatic rings. The van der Waals surface area contributed by atoms with Crippen molar-refractivity contribution >= 4 is 5.57 Å². The van der Waals surface area contributed by atoms with Gasteiger partial charge in [0.1, 0.15) is 0 Å². The fourth-order valence-corrected chi connectivity index (χ4v) is 4.17. The minimum absolute atomic E-state index is 0.237. The second-order valence-electron chi connectivity index (χ2n) is 8.64. The van der Waals surface area contributed by atoms with Crippen LogP contribution in [0.4, 0.5) is 0 Å². The van der Waals surface area contributed by atoms with E-state index in [0.717, 1.165) is 6.42 Å². The Morgan fingerprint density at radius 2 is 1.29 bits per heavy atom. The van der Waals surface area contributed by atoms with Gasteiger partial charge < -0.3 is 0 Å². The highest BCUT2D eigenvalue weighted by atomic mass is 14.2. The maximum Gasteiger partial charge on any atom is -0.0131 e. The van der Waals surface area contributed by atoms with E-state index in [1.807, 2.05) is 0 Å². The summed E-state index contributed by atoms with van der Waals surface area (Å²) < 4.78 is 0. The molecule has 0 amide bonds. The van der Waals surface area contributed by atoms with Crippen LogP contribution in [0, 0.1) is 19.3 Å². The zero-order chi connectivity index (χ0) is 19.7. The van der Waals surface area contributed by atoms with Crippen molar-refractivity contribution in [1.29, 1.82) is 0 Å². The monoisotopic (exact) mass is 364 g/mol. The maximum atomic E-state index is 2.35. The Hall–Kier alpha value is -2.86. The molecular weight excluding hydrogens is 336 g/mol. The molecule has 0 spiro atoms. The first-order valence-electron chi connectivity index (χ1n) is 10.1. The van der Waals surface area contributed by atoms with E-state index in [-0.39, 0.29) is 5.41 Å². The van der Waals surface area contributed by atoms with Crippen molar-refractivity contribution in [2.45, 2.75) is 34.1 Å². The van der Waals surface area contributed by atoms with Crippen LogP contribution < -0.4 is 0 Å². The molecule has 0 aromatic heterocycles. The number of aryl methyl sites for hydroxylation is 2. The van der Waals surface area contributed by atoms with E-state index < -0.39 is 0 Å². The lowest BCUT2D eigenvalue weighted by Crippen LogP contribution is -2.10. The van der Waals surface area contributed by atoms with E-state index in [1.54, 1.807) is 0 Å². The first-order chi connectivity index (χ1) is 13.4. The molecule has 1 aliphatic carbocycles. The van der Waals surface area contributed by atoms with Crippen LogP contribution in [0.25, 0.3) is 27.8 Å². The second-order valence-corrected chi connectivity index (χ2v) is 8.64. The van der Waals surface area contributed by atoms with Gasteiger partial charge in [0.05, 0.1) is 0 Å². The first-order valence-corrected chi connectivity index (χ1v) is 10.1. The molecule has 0 aliphatic heterocycles. The molecule has 0 nitrogen and oxygen atoms in total. The summed E-state index contributed by atoms with van der Waals surface area (Å²) in [4.78, 5) is 0. The van der Waals surface area contributed by atoms with E-state index in [9.17, 15) is 0 Å². The van der Waals surface area contributed by atoms with Crippen molar-refractivity contribution in [1.82, 2.24) is 0 Å². The maximum absolute atomic E-state index is 2.35. The Labute approximate surface area is 169 Å². The van der Waals surface area contributed by atoms with E-state index in [1.165, 1.54) is 44.5 Å². The molecule has 0 bridgehead atoms. The van der Waals surface area contributed by atoms with Gasteiger partial charge in [-0.2, -0.15) is 0 Å². The summed E-state index contributed by atoms with van der Waals surface area (Å²) >= 11 is 0. The highest BCUT2D eigenvalue weighted by molar-refractivity contribution is 5.78. The molecule has 0 heterocycles. The predicted molar refractivity (Wildman–Crippen MR) is 122 cm³/mol. The second kappa shape index (κ2) is 7.28. The molecule has 0 saturated heterocycles.